The number of rotatable bonds is 5. The molecule has 104 valence electrons. The molecule has 0 aromatic heterocycles. The summed E-state index contributed by atoms with van der Waals surface area (Å²) >= 11 is 0. The lowest BCUT2D eigenvalue weighted by atomic mass is 10.2. The normalized spacial score (nSPS) is 10.1. The fourth-order valence-electron chi connectivity index (χ4n) is 1.51. The Balaban J connectivity index is 3.06. The smallest absolute Gasteiger partial charge is 0.307 e. The van der Waals surface area contributed by atoms with Gasteiger partial charge >= 0.3 is 5.97 Å². The van der Waals surface area contributed by atoms with Gasteiger partial charge in [-0.25, -0.2) is 8.78 Å². The van der Waals surface area contributed by atoms with Gasteiger partial charge in [0, 0.05) is 19.7 Å². The molecule has 6 nitrogen and oxygen atoms in total. The summed E-state index contributed by atoms with van der Waals surface area (Å²) in [5.74, 6) is -3.06. The van der Waals surface area contributed by atoms with Gasteiger partial charge in [0.1, 0.15) is 0 Å². The zero-order chi connectivity index (χ0) is 14.6. The number of nitrogens with zero attached hydrogens (tertiary/aromatic N) is 2. The first kappa shape index (κ1) is 14.8. The summed E-state index contributed by atoms with van der Waals surface area (Å²) in [5.41, 5.74) is -1.06. The monoisotopic (exact) mass is 274 g/mol. The highest BCUT2D eigenvalue weighted by atomic mass is 19.2. The van der Waals surface area contributed by atoms with E-state index in [4.69, 9.17) is 0 Å². The molecule has 0 radical (unpaired) electrons. The van der Waals surface area contributed by atoms with Gasteiger partial charge in [0.05, 0.1) is 18.5 Å². The van der Waals surface area contributed by atoms with Crippen molar-refractivity contribution in [2.75, 3.05) is 25.6 Å². The molecule has 0 heterocycles. The second kappa shape index (κ2) is 6.07. The number of anilines is 1. The molecule has 0 bridgehead atoms. The number of halogens is 2. The topological polar surface area (TPSA) is 72.7 Å². The Morgan fingerprint density at radius 3 is 2.63 bits per heavy atom. The number of hydrogen-bond acceptors (Lipinski definition) is 5. The number of carbonyl (C=O) groups is 1. The number of carbonyl (C=O) groups excluding carboxylic acids is 1. The van der Waals surface area contributed by atoms with Crippen molar-refractivity contribution < 1.29 is 23.2 Å². The van der Waals surface area contributed by atoms with E-state index in [-0.39, 0.29) is 13.0 Å². The first-order valence-corrected chi connectivity index (χ1v) is 5.28. The fraction of sp³-hybridized carbons (Fsp3) is 0.364. The zero-order valence-corrected chi connectivity index (χ0v) is 10.4. The summed E-state index contributed by atoms with van der Waals surface area (Å²) in [6, 6.07) is 1.56. The molecule has 0 atom stereocenters. The van der Waals surface area contributed by atoms with Crippen molar-refractivity contribution >= 4 is 17.3 Å². The molecule has 8 heteroatoms. The highest BCUT2D eigenvalue weighted by Gasteiger charge is 2.24. The molecule has 0 N–H and O–H groups in total. The van der Waals surface area contributed by atoms with Crippen LogP contribution in [0.25, 0.3) is 0 Å². The van der Waals surface area contributed by atoms with Crippen molar-refractivity contribution in [3.63, 3.8) is 0 Å². The van der Waals surface area contributed by atoms with Crippen molar-refractivity contribution in [1.82, 2.24) is 0 Å². The Labute approximate surface area is 107 Å². The average Bonchev–Trinajstić information content (AvgIpc) is 2.38. The van der Waals surface area contributed by atoms with Gasteiger partial charge in [0.25, 0.3) is 5.69 Å². The fourth-order valence-corrected chi connectivity index (χ4v) is 1.51. The van der Waals surface area contributed by atoms with Crippen molar-refractivity contribution in [2.45, 2.75) is 6.42 Å². The zero-order valence-electron chi connectivity index (χ0n) is 10.4. The molecule has 0 aliphatic rings. The van der Waals surface area contributed by atoms with Crippen molar-refractivity contribution in [1.29, 1.82) is 0 Å². The predicted octanol–water partition coefficient (Wildman–Crippen LogP) is 1.87. The summed E-state index contributed by atoms with van der Waals surface area (Å²) in [7, 11) is 2.52. The van der Waals surface area contributed by atoms with E-state index in [0.717, 1.165) is 11.0 Å². The summed E-state index contributed by atoms with van der Waals surface area (Å²) in [4.78, 5) is 22.0. The molecule has 1 aromatic rings. The number of hydrogen-bond donors (Lipinski definition) is 0. The lowest BCUT2D eigenvalue weighted by molar-refractivity contribution is -0.384. The maximum absolute atomic E-state index is 13.6. The first-order chi connectivity index (χ1) is 8.88. The van der Waals surface area contributed by atoms with Gasteiger partial charge in [-0.15, -0.1) is 0 Å². The third-order valence-electron chi connectivity index (χ3n) is 2.51. The van der Waals surface area contributed by atoms with Gasteiger partial charge in [-0.1, -0.05) is 0 Å². The number of ether oxygens (including phenoxy) is 1. The van der Waals surface area contributed by atoms with E-state index in [2.05, 4.69) is 4.74 Å². The van der Waals surface area contributed by atoms with Gasteiger partial charge in [0.15, 0.2) is 17.3 Å². The standard InChI is InChI=1S/C11H12F2N2O4/c1-14(6-5-9(16)19-2)11-8(15(17)18)4-3-7(12)10(11)13/h3-4H,5-6H2,1-2H3. The molecule has 0 aliphatic carbocycles. The number of benzene rings is 1. The van der Waals surface area contributed by atoms with Gasteiger partial charge in [0.2, 0.25) is 0 Å². The Morgan fingerprint density at radius 2 is 2.11 bits per heavy atom. The van der Waals surface area contributed by atoms with Gasteiger partial charge in [-0.3, -0.25) is 14.9 Å². The second-order valence-electron chi connectivity index (χ2n) is 3.73. The average molecular weight is 274 g/mol. The highest BCUT2D eigenvalue weighted by Crippen LogP contribution is 2.31. The minimum absolute atomic E-state index is 0.0338. The predicted molar refractivity (Wildman–Crippen MR) is 62.9 cm³/mol. The van der Waals surface area contributed by atoms with E-state index in [1.54, 1.807) is 0 Å². The van der Waals surface area contributed by atoms with Gasteiger partial charge in [-0.2, -0.15) is 0 Å². The van der Waals surface area contributed by atoms with Crippen molar-refractivity contribution in [2.24, 2.45) is 0 Å². The van der Waals surface area contributed by atoms with Crippen LogP contribution in [0.2, 0.25) is 0 Å². The molecule has 1 rings (SSSR count). The van der Waals surface area contributed by atoms with Crippen LogP contribution in [0.4, 0.5) is 20.2 Å². The molecule has 19 heavy (non-hydrogen) atoms. The molecular formula is C11H12F2N2O4. The van der Waals surface area contributed by atoms with Gasteiger partial charge in [-0.05, 0) is 6.07 Å². The van der Waals surface area contributed by atoms with Crippen LogP contribution in [0.3, 0.4) is 0 Å². The minimum Gasteiger partial charge on any atom is -0.469 e. The van der Waals surface area contributed by atoms with Crippen LogP contribution in [0.15, 0.2) is 12.1 Å². The molecule has 0 unspecified atom stereocenters. The van der Waals surface area contributed by atoms with Crippen LogP contribution in [-0.4, -0.2) is 31.6 Å². The SMILES string of the molecule is COC(=O)CCN(C)c1c([N+](=O)[O-])ccc(F)c1F. The van der Waals surface area contributed by atoms with E-state index in [1.165, 1.54) is 14.2 Å². The summed E-state index contributed by atoms with van der Waals surface area (Å²) < 4.78 is 31.2. The Bertz CT molecular complexity index is 508. The molecule has 0 aliphatic heterocycles. The third kappa shape index (κ3) is 3.36. The third-order valence-corrected chi connectivity index (χ3v) is 2.51. The molecular weight excluding hydrogens is 262 g/mol. The summed E-state index contributed by atoms with van der Waals surface area (Å²) in [6.45, 7) is -0.0338. The summed E-state index contributed by atoms with van der Waals surface area (Å²) in [5, 5.41) is 10.8. The summed E-state index contributed by atoms with van der Waals surface area (Å²) in [6.07, 6.45) is -0.0971. The van der Waals surface area contributed by atoms with E-state index in [1.807, 2.05) is 0 Å². The number of nitro groups is 1. The Hall–Kier alpha value is -2.25. The van der Waals surface area contributed by atoms with Crippen LogP contribution < -0.4 is 4.90 Å². The minimum atomic E-state index is -1.32. The Morgan fingerprint density at radius 1 is 1.47 bits per heavy atom. The van der Waals surface area contributed by atoms with Crippen LogP contribution in [0.5, 0.6) is 0 Å². The highest BCUT2D eigenvalue weighted by molar-refractivity contribution is 5.71. The second-order valence-corrected chi connectivity index (χ2v) is 3.73. The largest absolute Gasteiger partial charge is 0.469 e. The van der Waals surface area contributed by atoms with Crippen LogP contribution in [0, 0.1) is 21.7 Å². The number of methoxy groups -OCH3 is 1. The molecule has 0 saturated carbocycles. The van der Waals surface area contributed by atoms with Crippen LogP contribution in [-0.2, 0) is 9.53 Å². The van der Waals surface area contributed by atoms with Crippen molar-refractivity contribution in [3.8, 4) is 0 Å². The number of nitro benzene ring substituents is 1. The van der Waals surface area contributed by atoms with Gasteiger partial charge < -0.3 is 9.64 Å². The van der Waals surface area contributed by atoms with Crippen LogP contribution in [0.1, 0.15) is 6.42 Å². The van der Waals surface area contributed by atoms with E-state index < -0.39 is 33.9 Å². The van der Waals surface area contributed by atoms with Crippen molar-refractivity contribution in [3.05, 3.63) is 33.9 Å². The molecule has 0 spiro atoms. The van der Waals surface area contributed by atoms with E-state index in [0.29, 0.717) is 6.07 Å². The van der Waals surface area contributed by atoms with E-state index >= 15 is 0 Å². The molecule has 0 fully saturated rings. The maximum Gasteiger partial charge on any atom is 0.307 e. The first-order valence-electron chi connectivity index (χ1n) is 5.28. The lowest BCUT2D eigenvalue weighted by Gasteiger charge is -2.19. The maximum atomic E-state index is 13.6. The number of esters is 1. The van der Waals surface area contributed by atoms with E-state index in [9.17, 15) is 23.7 Å². The molecule has 1 aromatic carbocycles. The van der Waals surface area contributed by atoms with Crippen LogP contribution >= 0.6 is 0 Å². The molecule has 0 saturated heterocycles. The quantitative estimate of drug-likeness (QED) is 0.465. The Kier molecular flexibility index (Phi) is 4.74. The lowest BCUT2D eigenvalue weighted by Crippen LogP contribution is -2.24. The molecule has 0 amide bonds.